The van der Waals surface area contributed by atoms with Crippen molar-refractivity contribution >= 4 is 23.4 Å². The van der Waals surface area contributed by atoms with Crippen molar-refractivity contribution in [2.45, 2.75) is 20.0 Å². The van der Waals surface area contributed by atoms with E-state index in [9.17, 15) is 4.79 Å². The van der Waals surface area contributed by atoms with E-state index in [1.165, 1.54) is 0 Å². The number of carbonyl (C=O) groups is 1. The fraction of sp³-hybridized carbons (Fsp3) is 0.250. The zero-order chi connectivity index (χ0) is 12.0. The molecule has 1 aromatic carbocycles. The van der Waals surface area contributed by atoms with Crippen molar-refractivity contribution in [1.82, 2.24) is 0 Å². The molecule has 0 aromatic heterocycles. The maximum atomic E-state index is 11.4. The van der Waals surface area contributed by atoms with Crippen molar-refractivity contribution in [2.75, 3.05) is 5.32 Å². The summed E-state index contributed by atoms with van der Waals surface area (Å²) in [7, 11) is 0. The van der Waals surface area contributed by atoms with Crippen LogP contribution in [0.3, 0.4) is 0 Å². The first-order valence-electron chi connectivity index (χ1n) is 4.77. The van der Waals surface area contributed by atoms with Crippen LogP contribution in [0.2, 0.25) is 5.02 Å². The third-order valence-electron chi connectivity index (χ3n) is 1.70. The number of amides is 1. The van der Waals surface area contributed by atoms with E-state index in [0.29, 0.717) is 10.7 Å². The molecule has 1 amide bonds. The van der Waals surface area contributed by atoms with E-state index < -0.39 is 12.2 Å². The summed E-state index contributed by atoms with van der Waals surface area (Å²) in [5, 5.41) is 3.11. The SMILES string of the molecule is CC#CC(C)OC(=O)Nc1cccc(Cl)c1. The minimum atomic E-state index is -0.544. The van der Waals surface area contributed by atoms with Crippen molar-refractivity contribution in [1.29, 1.82) is 0 Å². The van der Waals surface area contributed by atoms with Crippen LogP contribution in [-0.4, -0.2) is 12.2 Å². The van der Waals surface area contributed by atoms with E-state index in [1.54, 1.807) is 38.1 Å². The number of ether oxygens (including phenoxy) is 1. The number of hydrogen-bond acceptors (Lipinski definition) is 2. The predicted octanol–water partition coefficient (Wildman–Crippen LogP) is 3.30. The number of halogens is 1. The van der Waals surface area contributed by atoms with Gasteiger partial charge in [0.05, 0.1) is 0 Å². The van der Waals surface area contributed by atoms with E-state index in [0.717, 1.165) is 0 Å². The molecule has 1 unspecified atom stereocenters. The molecule has 1 N–H and O–H groups in total. The number of benzene rings is 1. The second kappa shape index (κ2) is 6.04. The average molecular weight is 238 g/mol. The predicted molar refractivity (Wildman–Crippen MR) is 64.5 cm³/mol. The van der Waals surface area contributed by atoms with E-state index in [-0.39, 0.29) is 0 Å². The van der Waals surface area contributed by atoms with Crippen LogP contribution in [0, 0.1) is 11.8 Å². The van der Waals surface area contributed by atoms with Crippen LogP contribution in [0.15, 0.2) is 24.3 Å². The second-order valence-electron chi connectivity index (χ2n) is 3.08. The van der Waals surface area contributed by atoms with Crippen LogP contribution in [0.4, 0.5) is 10.5 Å². The minimum absolute atomic E-state index is 0.427. The molecular formula is C12H12ClNO2. The molecule has 84 valence electrons. The third kappa shape index (κ3) is 4.24. The molecule has 16 heavy (non-hydrogen) atoms. The average Bonchev–Trinajstić information content (AvgIpc) is 2.17. The largest absolute Gasteiger partial charge is 0.433 e. The van der Waals surface area contributed by atoms with Gasteiger partial charge in [-0.1, -0.05) is 23.6 Å². The molecule has 1 rings (SSSR count). The van der Waals surface area contributed by atoms with E-state index in [2.05, 4.69) is 17.2 Å². The molecule has 0 saturated heterocycles. The molecule has 0 spiro atoms. The highest BCUT2D eigenvalue weighted by Crippen LogP contribution is 2.15. The van der Waals surface area contributed by atoms with Gasteiger partial charge in [-0.05, 0) is 32.0 Å². The Balaban J connectivity index is 2.54. The number of nitrogens with one attached hydrogen (secondary N) is 1. The van der Waals surface area contributed by atoms with Crippen LogP contribution in [0.25, 0.3) is 0 Å². The highest BCUT2D eigenvalue weighted by atomic mass is 35.5. The lowest BCUT2D eigenvalue weighted by molar-refractivity contribution is 0.145. The molecule has 4 heteroatoms. The summed E-state index contributed by atoms with van der Waals surface area (Å²) in [6.45, 7) is 3.39. The summed E-state index contributed by atoms with van der Waals surface area (Å²) >= 11 is 5.77. The van der Waals surface area contributed by atoms with Crippen molar-refractivity contribution in [3.63, 3.8) is 0 Å². The normalized spacial score (nSPS) is 10.9. The molecular weight excluding hydrogens is 226 g/mol. The van der Waals surface area contributed by atoms with E-state index in [1.807, 2.05) is 0 Å². The Morgan fingerprint density at radius 3 is 2.94 bits per heavy atom. The number of anilines is 1. The van der Waals surface area contributed by atoms with Crippen LogP contribution in [-0.2, 0) is 4.74 Å². The number of rotatable bonds is 2. The van der Waals surface area contributed by atoms with Crippen LogP contribution < -0.4 is 5.32 Å². The maximum Gasteiger partial charge on any atom is 0.412 e. The summed E-state index contributed by atoms with van der Waals surface area (Å²) < 4.78 is 4.97. The first-order valence-corrected chi connectivity index (χ1v) is 5.15. The fourth-order valence-corrected chi connectivity index (χ4v) is 1.30. The fourth-order valence-electron chi connectivity index (χ4n) is 1.11. The van der Waals surface area contributed by atoms with Gasteiger partial charge in [0.1, 0.15) is 0 Å². The lowest BCUT2D eigenvalue weighted by Crippen LogP contribution is -2.19. The van der Waals surface area contributed by atoms with E-state index in [4.69, 9.17) is 16.3 Å². The molecule has 0 aliphatic carbocycles. The second-order valence-corrected chi connectivity index (χ2v) is 3.51. The Hall–Kier alpha value is -1.66. The molecule has 0 fully saturated rings. The van der Waals surface area contributed by atoms with Crippen LogP contribution >= 0.6 is 11.6 Å². The van der Waals surface area contributed by atoms with Crippen molar-refractivity contribution < 1.29 is 9.53 Å². The first kappa shape index (κ1) is 12.4. The molecule has 1 atom stereocenters. The summed E-state index contributed by atoms with van der Waals surface area (Å²) in [5.74, 6) is 5.38. The molecule has 0 bridgehead atoms. The Morgan fingerprint density at radius 2 is 2.31 bits per heavy atom. The van der Waals surface area contributed by atoms with Gasteiger partial charge in [0, 0.05) is 10.7 Å². The number of carbonyl (C=O) groups excluding carboxylic acids is 1. The molecule has 3 nitrogen and oxygen atoms in total. The molecule has 0 heterocycles. The number of hydrogen-bond donors (Lipinski definition) is 1. The van der Waals surface area contributed by atoms with Gasteiger partial charge >= 0.3 is 6.09 Å². The van der Waals surface area contributed by atoms with Gasteiger partial charge in [-0.25, -0.2) is 4.79 Å². The minimum Gasteiger partial charge on any atom is -0.433 e. The molecule has 0 radical (unpaired) electrons. The molecule has 0 saturated carbocycles. The first-order chi connectivity index (χ1) is 7.61. The molecule has 0 aliphatic rings. The Labute approximate surface area is 99.7 Å². The third-order valence-corrected chi connectivity index (χ3v) is 1.94. The standard InChI is InChI=1S/C12H12ClNO2/c1-3-5-9(2)16-12(15)14-11-7-4-6-10(13)8-11/h4,6-9H,1-2H3,(H,14,15). The molecule has 0 aliphatic heterocycles. The lowest BCUT2D eigenvalue weighted by atomic mass is 10.3. The zero-order valence-electron chi connectivity index (χ0n) is 9.08. The Morgan fingerprint density at radius 1 is 1.56 bits per heavy atom. The smallest absolute Gasteiger partial charge is 0.412 e. The quantitative estimate of drug-likeness (QED) is 0.802. The van der Waals surface area contributed by atoms with Crippen LogP contribution in [0.1, 0.15) is 13.8 Å². The molecule has 1 aromatic rings. The van der Waals surface area contributed by atoms with Gasteiger partial charge in [-0.3, -0.25) is 5.32 Å². The van der Waals surface area contributed by atoms with Crippen molar-refractivity contribution in [3.05, 3.63) is 29.3 Å². The van der Waals surface area contributed by atoms with Gasteiger partial charge in [0.25, 0.3) is 0 Å². The summed E-state index contributed by atoms with van der Waals surface area (Å²) in [5.41, 5.74) is 0.592. The van der Waals surface area contributed by atoms with Crippen molar-refractivity contribution in [3.8, 4) is 11.8 Å². The highest BCUT2D eigenvalue weighted by molar-refractivity contribution is 6.30. The summed E-state index contributed by atoms with van der Waals surface area (Å²) in [6, 6.07) is 6.83. The maximum absolute atomic E-state index is 11.4. The van der Waals surface area contributed by atoms with E-state index >= 15 is 0 Å². The van der Waals surface area contributed by atoms with Crippen LogP contribution in [0.5, 0.6) is 0 Å². The summed E-state index contributed by atoms with van der Waals surface area (Å²) in [6.07, 6.45) is -0.971. The van der Waals surface area contributed by atoms with Gasteiger partial charge in [-0.2, -0.15) is 0 Å². The lowest BCUT2D eigenvalue weighted by Gasteiger charge is -2.08. The monoisotopic (exact) mass is 237 g/mol. The van der Waals surface area contributed by atoms with Gasteiger partial charge in [-0.15, -0.1) is 5.92 Å². The summed E-state index contributed by atoms with van der Waals surface area (Å²) in [4.78, 5) is 11.4. The zero-order valence-corrected chi connectivity index (χ0v) is 9.84. The highest BCUT2D eigenvalue weighted by Gasteiger charge is 2.06. The Bertz CT molecular complexity index is 434. The van der Waals surface area contributed by atoms with Gasteiger partial charge < -0.3 is 4.74 Å². The van der Waals surface area contributed by atoms with Gasteiger partial charge in [0.2, 0.25) is 0 Å². The topological polar surface area (TPSA) is 38.3 Å². The Kier molecular flexibility index (Phi) is 4.68. The van der Waals surface area contributed by atoms with Gasteiger partial charge in [0.15, 0.2) is 6.10 Å². The van der Waals surface area contributed by atoms with Crippen molar-refractivity contribution in [2.24, 2.45) is 0 Å².